The zero-order chi connectivity index (χ0) is 13.4. The minimum Gasteiger partial charge on any atom is -0.345 e. The predicted octanol–water partition coefficient (Wildman–Crippen LogP) is 3.22. The molecule has 0 aliphatic carbocycles. The van der Waals surface area contributed by atoms with Gasteiger partial charge in [0.25, 0.3) is 0 Å². The Hall–Kier alpha value is -1.38. The molecule has 1 amide bonds. The molecule has 0 radical (unpaired) electrons. The molecule has 0 saturated carbocycles. The number of carbonyl (C=O) groups is 1. The van der Waals surface area contributed by atoms with Crippen molar-refractivity contribution in [3.05, 3.63) is 30.1 Å². The van der Waals surface area contributed by atoms with E-state index in [9.17, 15) is 4.79 Å². The van der Waals surface area contributed by atoms with E-state index < -0.39 is 0 Å². The third-order valence-corrected chi connectivity index (χ3v) is 3.23. The maximum atomic E-state index is 12.2. The average molecular weight is 248 g/mol. The van der Waals surface area contributed by atoms with Gasteiger partial charge in [-0.3, -0.25) is 9.78 Å². The van der Waals surface area contributed by atoms with Crippen molar-refractivity contribution in [2.24, 2.45) is 0 Å². The number of unbranched alkanes of at least 4 members (excludes halogenated alkanes) is 3. The van der Waals surface area contributed by atoms with Gasteiger partial charge in [-0.25, -0.2) is 0 Å². The fourth-order valence-corrected chi connectivity index (χ4v) is 1.98. The van der Waals surface area contributed by atoms with Crippen LogP contribution < -0.4 is 0 Å². The summed E-state index contributed by atoms with van der Waals surface area (Å²) in [5.74, 6) is 0.00701. The molecule has 0 N–H and O–H groups in total. The average Bonchev–Trinajstić information content (AvgIpc) is 2.42. The third kappa shape index (κ3) is 4.47. The molecule has 1 heterocycles. The van der Waals surface area contributed by atoms with Crippen molar-refractivity contribution in [2.75, 3.05) is 13.6 Å². The van der Waals surface area contributed by atoms with Crippen LogP contribution in [0.2, 0.25) is 0 Å². The van der Waals surface area contributed by atoms with E-state index in [-0.39, 0.29) is 11.8 Å². The van der Waals surface area contributed by atoms with Crippen LogP contribution in [0.3, 0.4) is 0 Å². The van der Waals surface area contributed by atoms with Crippen molar-refractivity contribution >= 4 is 5.91 Å². The lowest BCUT2D eigenvalue weighted by atomic mass is 10.1. The van der Waals surface area contributed by atoms with Crippen LogP contribution in [-0.4, -0.2) is 29.4 Å². The van der Waals surface area contributed by atoms with Gasteiger partial charge in [-0.2, -0.15) is 0 Å². The third-order valence-electron chi connectivity index (χ3n) is 3.23. The second-order valence-electron chi connectivity index (χ2n) is 4.80. The van der Waals surface area contributed by atoms with E-state index in [4.69, 9.17) is 0 Å². The SMILES string of the molecule is CCCCCCN(C)C(=O)C(C)c1ccccn1. The van der Waals surface area contributed by atoms with Crippen molar-refractivity contribution in [2.45, 2.75) is 45.4 Å². The Labute approximate surface area is 110 Å². The predicted molar refractivity (Wildman–Crippen MR) is 74.4 cm³/mol. The lowest BCUT2D eigenvalue weighted by Gasteiger charge is -2.21. The van der Waals surface area contributed by atoms with Crippen molar-refractivity contribution in [3.63, 3.8) is 0 Å². The molecule has 0 bridgehead atoms. The lowest BCUT2D eigenvalue weighted by Crippen LogP contribution is -2.31. The van der Waals surface area contributed by atoms with Gasteiger partial charge in [0.2, 0.25) is 5.91 Å². The smallest absolute Gasteiger partial charge is 0.231 e. The minimum absolute atomic E-state index is 0.151. The molecule has 0 aromatic carbocycles. The topological polar surface area (TPSA) is 33.2 Å². The van der Waals surface area contributed by atoms with Crippen LogP contribution in [0.15, 0.2) is 24.4 Å². The van der Waals surface area contributed by atoms with Gasteiger partial charge in [-0.1, -0.05) is 32.3 Å². The van der Waals surface area contributed by atoms with Crippen molar-refractivity contribution in [3.8, 4) is 0 Å². The van der Waals surface area contributed by atoms with Crippen LogP contribution in [0, 0.1) is 0 Å². The van der Waals surface area contributed by atoms with E-state index in [0.29, 0.717) is 0 Å². The Balaban J connectivity index is 2.43. The standard InChI is InChI=1S/C15H24N2O/c1-4-5-6-9-12-17(3)15(18)13(2)14-10-7-8-11-16-14/h7-8,10-11,13H,4-6,9,12H2,1-3H3. The molecule has 3 heteroatoms. The molecule has 0 fully saturated rings. The van der Waals surface area contributed by atoms with Crippen molar-refractivity contribution in [1.82, 2.24) is 9.88 Å². The largest absolute Gasteiger partial charge is 0.345 e. The number of carbonyl (C=O) groups excluding carboxylic acids is 1. The summed E-state index contributed by atoms with van der Waals surface area (Å²) in [5, 5.41) is 0. The number of nitrogens with zero attached hydrogens (tertiary/aromatic N) is 2. The summed E-state index contributed by atoms with van der Waals surface area (Å²) in [6, 6.07) is 5.70. The summed E-state index contributed by atoms with van der Waals surface area (Å²) in [7, 11) is 1.88. The second kappa shape index (κ2) is 7.85. The number of rotatable bonds is 7. The molecular formula is C15H24N2O. The molecule has 1 rings (SSSR count). The molecule has 0 saturated heterocycles. The van der Waals surface area contributed by atoms with E-state index in [1.54, 1.807) is 6.20 Å². The molecule has 3 nitrogen and oxygen atoms in total. The lowest BCUT2D eigenvalue weighted by molar-refractivity contribution is -0.131. The van der Waals surface area contributed by atoms with E-state index in [1.165, 1.54) is 19.3 Å². The van der Waals surface area contributed by atoms with E-state index in [1.807, 2.05) is 37.1 Å². The molecule has 0 aliphatic rings. The summed E-state index contributed by atoms with van der Waals surface area (Å²) >= 11 is 0. The van der Waals surface area contributed by atoms with Gasteiger partial charge in [0, 0.05) is 19.8 Å². The maximum Gasteiger partial charge on any atom is 0.231 e. The molecule has 1 unspecified atom stereocenters. The summed E-state index contributed by atoms with van der Waals surface area (Å²) < 4.78 is 0. The Morgan fingerprint density at radius 2 is 2.11 bits per heavy atom. The molecule has 1 aromatic heterocycles. The summed E-state index contributed by atoms with van der Waals surface area (Å²) in [4.78, 5) is 18.3. The molecule has 0 aliphatic heterocycles. The van der Waals surface area contributed by atoms with Crippen LogP contribution in [0.4, 0.5) is 0 Å². The summed E-state index contributed by atoms with van der Waals surface area (Å²) in [5.41, 5.74) is 0.850. The second-order valence-corrected chi connectivity index (χ2v) is 4.80. The Bertz CT molecular complexity index is 351. The highest BCUT2D eigenvalue weighted by molar-refractivity contribution is 5.82. The number of hydrogen-bond acceptors (Lipinski definition) is 2. The van der Waals surface area contributed by atoms with Crippen LogP contribution in [0.25, 0.3) is 0 Å². The van der Waals surface area contributed by atoms with Gasteiger partial charge in [-0.05, 0) is 25.5 Å². The molecule has 100 valence electrons. The number of hydrogen-bond donors (Lipinski definition) is 0. The summed E-state index contributed by atoms with van der Waals surface area (Å²) in [6.07, 6.45) is 6.50. The Morgan fingerprint density at radius 1 is 1.33 bits per heavy atom. The van der Waals surface area contributed by atoms with E-state index in [0.717, 1.165) is 18.7 Å². The summed E-state index contributed by atoms with van der Waals surface area (Å²) in [6.45, 7) is 4.96. The van der Waals surface area contributed by atoms with Crippen LogP contribution in [-0.2, 0) is 4.79 Å². The molecular weight excluding hydrogens is 224 g/mol. The van der Waals surface area contributed by atoms with Gasteiger partial charge in [0.05, 0.1) is 11.6 Å². The first-order chi connectivity index (χ1) is 8.66. The normalized spacial score (nSPS) is 12.2. The van der Waals surface area contributed by atoms with E-state index in [2.05, 4.69) is 11.9 Å². The molecule has 18 heavy (non-hydrogen) atoms. The molecule has 1 aromatic rings. The zero-order valence-electron chi connectivity index (χ0n) is 11.7. The Morgan fingerprint density at radius 3 is 2.72 bits per heavy atom. The quantitative estimate of drug-likeness (QED) is 0.694. The fourth-order valence-electron chi connectivity index (χ4n) is 1.98. The van der Waals surface area contributed by atoms with Gasteiger partial charge >= 0.3 is 0 Å². The zero-order valence-corrected chi connectivity index (χ0v) is 11.7. The van der Waals surface area contributed by atoms with Gasteiger partial charge in [-0.15, -0.1) is 0 Å². The van der Waals surface area contributed by atoms with Crippen molar-refractivity contribution < 1.29 is 4.79 Å². The van der Waals surface area contributed by atoms with Crippen LogP contribution in [0.5, 0.6) is 0 Å². The van der Waals surface area contributed by atoms with Crippen LogP contribution >= 0.6 is 0 Å². The Kier molecular flexibility index (Phi) is 6.40. The highest BCUT2D eigenvalue weighted by atomic mass is 16.2. The van der Waals surface area contributed by atoms with Crippen molar-refractivity contribution in [1.29, 1.82) is 0 Å². The maximum absolute atomic E-state index is 12.2. The first-order valence-corrected chi connectivity index (χ1v) is 6.82. The van der Waals surface area contributed by atoms with E-state index >= 15 is 0 Å². The highest BCUT2D eigenvalue weighted by Crippen LogP contribution is 2.15. The number of aromatic nitrogens is 1. The van der Waals surface area contributed by atoms with Gasteiger partial charge in [0.15, 0.2) is 0 Å². The number of amides is 1. The number of likely N-dealkylation sites (N-methyl/N-ethyl adjacent to an activating group) is 1. The van der Waals surface area contributed by atoms with Gasteiger partial charge < -0.3 is 4.90 Å². The fraction of sp³-hybridized carbons (Fsp3) is 0.600. The molecule has 0 spiro atoms. The van der Waals surface area contributed by atoms with Gasteiger partial charge in [0.1, 0.15) is 0 Å². The first kappa shape index (κ1) is 14.7. The number of pyridine rings is 1. The monoisotopic (exact) mass is 248 g/mol. The first-order valence-electron chi connectivity index (χ1n) is 6.82. The minimum atomic E-state index is -0.151. The highest BCUT2D eigenvalue weighted by Gasteiger charge is 2.19. The molecule has 1 atom stereocenters. The van der Waals surface area contributed by atoms with Crippen LogP contribution in [0.1, 0.15) is 51.1 Å².